The van der Waals surface area contributed by atoms with Crippen LogP contribution in [0.3, 0.4) is 0 Å². The zero-order valence-corrected chi connectivity index (χ0v) is 35.4. The van der Waals surface area contributed by atoms with Crippen LogP contribution in [0.5, 0.6) is 11.5 Å². The van der Waals surface area contributed by atoms with E-state index in [0.717, 1.165) is 22.5 Å². The molecule has 0 radical (unpaired) electrons. The van der Waals surface area contributed by atoms with E-state index >= 15 is 0 Å². The molecule has 0 bridgehead atoms. The zero-order valence-electron chi connectivity index (χ0n) is 34.6. The van der Waals surface area contributed by atoms with Crippen LogP contribution in [0.1, 0.15) is 82.7 Å². The maximum absolute atomic E-state index is 13.8. The summed E-state index contributed by atoms with van der Waals surface area (Å²) < 4.78 is 22.8. The number of ether oxygens (including phenoxy) is 4. The number of esters is 1. The van der Waals surface area contributed by atoms with Crippen LogP contribution in [-0.2, 0) is 41.9 Å². The zero-order chi connectivity index (χ0) is 43.7. The maximum atomic E-state index is 13.8. The monoisotopic (exact) mass is 843 g/mol. The Balaban J connectivity index is 1.28. The molecule has 4 aromatic rings. The van der Waals surface area contributed by atoms with Crippen molar-refractivity contribution < 1.29 is 47.8 Å². The number of nitrogens with one attached hydrogen (secondary N) is 4. The quantitative estimate of drug-likeness (QED) is 0.0489. The van der Waals surface area contributed by atoms with Gasteiger partial charge < -0.3 is 39.7 Å². The number of carbonyl (C=O) groups is 5. The molecule has 0 spiro atoms. The number of anilines is 1. The second-order valence-corrected chi connectivity index (χ2v) is 16.9. The number of rotatable bonds is 16. The average molecular weight is 844 g/mol. The van der Waals surface area contributed by atoms with Gasteiger partial charge in [-0.05, 0) is 66.5 Å². The van der Waals surface area contributed by atoms with Crippen molar-refractivity contribution in [1.82, 2.24) is 25.9 Å². The minimum absolute atomic E-state index is 0.0230. The van der Waals surface area contributed by atoms with Gasteiger partial charge in [-0.25, -0.2) is 19.6 Å². The number of carbonyl (C=O) groups excluding carboxylic acids is 5. The number of pyridine rings is 1. The molecule has 2 unspecified atom stereocenters. The van der Waals surface area contributed by atoms with E-state index < -0.39 is 64.4 Å². The summed E-state index contributed by atoms with van der Waals surface area (Å²) >= 11 is 0.971. The first-order chi connectivity index (χ1) is 28.3. The van der Waals surface area contributed by atoms with Crippen LogP contribution in [0.4, 0.5) is 9.93 Å². The molecule has 1 fully saturated rings. The van der Waals surface area contributed by atoms with Crippen LogP contribution in [-0.4, -0.2) is 80.9 Å². The number of aromatic nitrogens is 2. The van der Waals surface area contributed by atoms with Crippen molar-refractivity contribution in [2.45, 2.75) is 97.5 Å². The number of β-lactam (4-membered cyclic amide) rings is 1. The summed E-state index contributed by atoms with van der Waals surface area (Å²) in [4.78, 5) is 79.5. The first-order valence-corrected chi connectivity index (χ1v) is 19.8. The molecule has 2 aromatic carbocycles. The summed E-state index contributed by atoms with van der Waals surface area (Å²) in [5.74, 6) is -2.12. The van der Waals surface area contributed by atoms with Gasteiger partial charge >= 0.3 is 12.1 Å². The normalized spacial score (nSPS) is 15.4. The summed E-state index contributed by atoms with van der Waals surface area (Å²) in [6.07, 6.45) is 0.634. The highest BCUT2D eigenvalue weighted by Gasteiger charge is 2.42. The highest BCUT2D eigenvalue weighted by molar-refractivity contribution is 7.14. The lowest BCUT2D eigenvalue weighted by Gasteiger charge is -2.37. The van der Waals surface area contributed by atoms with E-state index in [1.807, 2.05) is 60.7 Å². The lowest BCUT2D eigenvalue weighted by molar-refractivity contribution is -0.179. The van der Waals surface area contributed by atoms with Crippen LogP contribution in [0.15, 0.2) is 83.5 Å². The van der Waals surface area contributed by atoms with Gasteiger partial charge in [-0.1, -0.05) is 65.8 Å². The van der Waals surface area contributed by atoms with Crippen molar-refractivity contribution in [2.75, 3.05) is 11.9 Å². The highest BCUT2D eigenvalue weighted by Crippen LogP contribution is 2.29. The summed E-state index contributed by atoms with van der Waals surface area (Å²) in [6.45, 7) is 13.3. The number of amides is 4. The molecule has 318 valence electrons. The van der Waals surface area contributed by atoms with Crippen molar-refractivity contribution >= 4 is 52.0 Å². The molecular weight excluding hydrogens is 795 g/mol. The number of thiazole rings is 1. The molecule has 3 heterocycles. The Morgan fingerprint density at radius 1 is 0.817 bits per heavy atom. The molecule has 0 saturated carbocycles. The predicted molar refractivity (Wildman–Crippen MR) is 221 cm³/mol. The molecule has 1 saturated heterocycles. The fraction of sp³-hybridized carbons (Fsp3) is 0.381. The Morgan fingerprint density at radius 3 is 2.00 bits per heavy atom. The third-order valence-corrected chi connectivity index (χ3v) is 8.90. The Hall–Kier alpha value is -6.56. The molecular formula is C42H49N7O10S. The number of hydrogen-bond acceptors (Lipinski definition) is 14. The molecule has 17 nitrogen and oxygen atoms in total. The van der Waals surface area contributed by atoms with Crippen LogP contribution in [0, 0.1) is 0 Å². The lowest BCUT2D eigenvalue weighted by Crippen LogP contribution is -2.72. The number of benzene rings is 2. The maximum Gasteiger partial charge on any atom is 0.413 e. The van der Waals surface area contributed by atoms with Crippen LogP contribution in [0.25, 0.3) is 0 Å². The van der Waals surface area contributed by atoms with Crippen LogP contribution in [0.2, 0.25) is 0 Å². The third-order valence-electron chi connectivity index (χ3n) is 8.15. The minimum Gasteiger partial charge on any atom is -0.485 e. The first kappa shape index (κ1) is 44.5. The largest absolute Gasteiger partial charge is 0.485 e. The van der Waals surface area contributed by atoms with E-state index in [0.29, 0.717) is 11.5 Å². The first-order valence-electron chi connectivity index (χ1n) is 18.9. The molecule has 2 atom stereocenters. The van der Waals surface area contributed by atoms with Gasteiger partial charge in [0, 0.05) is 18.0 Å². The Labute approximate surface area is 351 Å². The molecule has 1 aliphatic heterocycles. The van der Waals surface area contributed by atoms with Gasteiger partial charge in [0.05, 0.1) is 12.2 Å². The van der Waals surface area contributed by atoms with Gasteiger partial charge in [-0.2, -0.15) is 0 Å². The van der Waals surface area contributed by atoms with Crippen molar-refractivity contribution in [3.8, 4) is 11.5 Å². The predicted octanol–water partition coefficient (Wildman–Crippen LogP) is 5.30. The lowest BCUT2D eigenvalue weighted by atomic mass is 9.98. The summed E-state index contributed by atoms with van der Waals surface area (Å²) in [5, 5.41) is 16.0. The van der Waals surface area contributed by atoms with Gasteiger partial charge in [0.1, 0.15) is 41.8 Å². The second-order valence-electron chi connectivity index (χ2n) is 16.0. The average Bonchev–Trinajstić information content (AvgIpc) is 3.63. The number of hydrogen-bond donors (Lipinski definition) is 4. The molecule has 0 aliphatic carbocycles. The van der Waals surface area contributed by atoms with Gasteiger partial charge in [0.2, 0.25) is 11.5 Å². The fourth-order valence-electron chi connectivity index (χ4n) is 5.15. The van der Waals surface area contributed by atoms with Gasteiger partial charge in [-0.15, -0.1) is 11.3 Å². The smallest absolute Gasteiger partial charge is 0.413 e. The number of nitrogens with zero attached hydrogens (tertiary/aromatic N) is 3. The van der Waals surface area contributed by atoms with Gasteiger partial charge in [0.15, 0.2) is 22.3 Å². The summed E-state index contributed by atoms with van der Waals surface area (Å²) in [5.41, 5.74) is -1.87. The van der Waals surface area contributed by atoms with E-state index in [9.17, 15) is 24.0 Å². The molecule has 5 rings (SSSR count). The van der Waals surface area contributed by atoms with Crippen LogP contribution < -0.4 is 30.7 Å². The minimum atomic E-state index is -1.65. The van der Waals surface area contributed by atoms with Crippen molar-refractivity contribution in [3.05, 3.63) is 101 Å². The Kier molecular flexibility index (Phi) is 14.1. The van der Waals surface area contributed by atoms with Crippen molar-refractivity contribution in [1.29, 1.82) is 0 Å². The molecule has 4 N–H and O–H groups in total. The van der Waals surface area contributed by atoms with Crippen LogP contribution >= 0.6 is 11.3 Å². The third kappa shape index (κ3) is 13.0. The van der Waals surface area contributed by atoms with E-state index in [1.165, 1.54) is 31.5 Å². The number of oxime groups is 1. The second kappa shape index (κ2) is 19.0. The van der Waals surface area contributed by atoms with E-state index in [-0.39, 0.29) is 36.3 Å². The summed E-state index contributed by atoms with van der Waals surface area (Å²) in [6, 6.07) is 18.7. The standard InChI is InChI=1S/C42H49N7O10S/c1-40(2,3)57-37(53)42(7,8)59-49-33(29-24-60-38(46-29)48-39(54)58-41(4,5)6)36(52)47-32-28(45-35(32)51)20-44-34(50)27-19-30(55-22-25-15-11-9-12-16-25)31(21-43-27)56-23-26-17-13-10-14-18-26/h9-19,21,24,28,32H,20,22-23H2,1-8H3,(H,44,50)(H,45,51)(H,47,52)(H,46,48,54). The van der Waals surface area contributed by atoms with Crippen molar-refractivity contribution in [3.63, 3.8) is 0 Å². The van der Waals surface area contributed by atoms with Gasteiger partial charge in [0.25, 0.3) is 11.8 Å². The van der Waals surface area contributed by atoms with E-state index in [4.69, 9.17) is 23.8 Å². The SMILES string of the molecule is CC(C)(C)OC(=O)Nc1nc(C(=NOC(C)(C)C(=O)OC(C)(C)C)C(=O)NC2C(=O)NC2CNC(=O)c2cc(OCc3ccccc3)c(OCc3ccccc3)cn2)cs1. The molecule has 60 heavy (non-hydrogen) atoms. The molecule has 4 amide bonds. The molecule has 1 aliphatic rings. The highest BCUT2D eigenvalue weighted by atomic mass is 32.1. The molecule has 18 heteroatoms. The Morgan fingerprint density at radius 2 is 1.42 bits per heavy atom. The molecule has 2 aromatic heterocycles. The fourth-order valence-corrected chi connectivity index (χ4v) is 5.83. The summed E-state index contributed by atoms with van der Waals surface area (Å²) in [7, 11) is 0. The topological polar surface area (TPSA) is 218 Å². The van der Waals surface area contributed by atoms with E-state index in [1.54, 1.807) is 41.5 Å². The Bertz CT molecular complexity index is 2200. The van der Waals surface area contributed by atoms with Crippen molar-refractivity contribution in [2.24, 2.45) is 5.16 Å². The van der Waals surface area contributed by atoms with E-state index in [2.05, 4.69) is 36.4 Å². The van der Waals surface area contributed by atoms with Gasteiger partial charge in [-0.3, -0.25) is 19.7 Å².